The molecule has 112 valence electrons. The quantitative estimate of drug-likeness (QED) is 0.900. The summed E-state index contributed by atoms with van der Waals surface area (Å²) in [6.45, 7) is 4.05. The van der Waals surface area contributed by atoms with Crippen molar-refractivity contribution in [3.8, 4) is 0 Å². The van der Waals surface area contributed by atoms with Gasteiger partial charge in [0.1, 0.15) is 0 Å². The zero-order chi connectivity index (χ0) is 14.7. The van der Waals surface area contributed by atoms with E-state index in [-0.39, 0.29) is 5.91 Å². The molecule has 1 aliphatic heterocycles. The Morgan fingerprint density at radius 1 is 1.29 bits per heavy atom. The number of rotatable bonds is 3. The molecule has 3 nitrogen and oxygen atoms in total. The summed E-state index contributed by atoms with van der Waals surface area (Å²) in [6, 6.07) is 7.98. The highest BCUT2D eigenvalue weighted by molar-refractivity contribution is 6.05. The van der Waals surface area contributed by atoms with Crippen molar-refractivity contribution in [2.45, 2.75) is 39.0 Å². The van der Waals surface area contributed by atoms with Crippen LogP contribution in [0.5, 0.6) is 0 Å². The fourth-order valence-electron chi connectivity index (χ4n) is 3.50. The summed E-state index contributed by atoms with van der Waals surface area (Å²) in [5.41, 5.74) is 1.78. The lowest BCUT2D eigenvalue weighted by Gasteiger charge is -2.21. The predicted molar refractivity (Wildman–Crippen MR) is 86.5 cm³/mol. The van der Waals surface area contributed by atoms with Crippen molar-refractivity contribution >= 4 is 16.8 Å². The Bertz CT molecular complexity index is 616. The van der Waals surface area contributed by atoms with Gasteiger partial charge in [0.05, 0.1) is 11.1 Å². The van der Waals surface area contributed by atoms with Crippen LogP contribution < -0.4 is 0 Å². The van der Waals surface area contributed by atoms with Gasteiger partial charge in [-0.15, -0.1) is 0 Å². The van der Waals surface area contributed by atoms with Gasteiger partial charge in [0.2, 0.25) is 0 Å². The van der Waals surface area contributed by atoms with Gasteiger partial charge in [-0.05, 0) is 37.3 Å². The van der Waals surface area contributed by atoms with Crippen molar-refractivity contribution in [1.82, 2.24) is 9.88 Å². The smallest absolute Gasteiger partial charge is 0.255 e. The third kappa shape index (κ3) is 2.97. The standard InChI is InChI=1S/C18H24N2O/c1-2-5-14-6-4-12-20(13-10-14)18(21)16-8-3-7-15-9-11-19-17(15)16/h3,7-9,11,14,19H,2,4-6,10,12-13H2,1H3. The van der Waals surface area contributed by atoms with Crippen LogP contribution in [0.1, 0.15) is 49.4 Å². The molecule has 1 unspecified atom stereocenters. The summed E-state index contributed by atoms with van der Waals surface area (Å²) in [6.07, 6.45) is 8.01. The molecule has 0 bridgehead atoms. The fourth-order valence-corrected chi connectivity index (χ4v) is 3.50. The summed E-state index contributed by atoms with van der Waals surface area (Å²) in [4.78, 5) is 18.1. The lowest BCUT2D eigenvalue weighted by atomic mass is 9.96. The number of carbonyl (C=O) groups is 1. The Balaban J connectivity index is 1.77. The molecule has 1 aromatic heterocycles. The number of amides is 1. The highest BCUT2D eigenvalue weighted by atomic mass is 16.2. The molecule has 1 fully saturated rings. The van der Waals surface area contributed by atoms with E-state index in [1.165, 1.54) is 19.3 Å². The molecule has 0 aliphatic carbocycles. The zero-order valence-corrected chi connectivity index (χ0v) is 12.8. The van der Waals surface area contributed by atoms with E-state index >= 15 is 0 Å². The highest BCUT2D eigenvalue weighted by Crippen LogP contribution is 2.24. The highest BCUT2D eigenvalue weighted by Gasteiger charge is 2.22. The average Bonchev–Trinajstić information content (AvgIpc) is 2.86. The summed E-state index contributed by atoms with van der Waals surface area (Å²) in [5.74, 6) is 0.981. The number of para-hydroxylation sites is 1. The number of H-pyrrole nitrogens is 1. The molecule has 1 N–H and O–H groups in total. The Morgan fingerprint density at radius 2 is 2.19 bits per heavy atom. The molecule has 0 saturated carbocycles. The number of nitrogens with one attached hydrogen (secondary N) is 1. The Kier molecular flexibility index (Phi) is 4.28. The van der Waals surface area contributed by atoms with Gasteiger partial charge in [-0.3, -0.25) is 4.79 Å². The van der Waals surface area contributed by atoms with Gasteiger partial charge in [0.15, 0.2) is 0 Å². The van der Waals surface area contributed by atoms with E-state index in [1.807, 2.05) is 35.4 Å². The van der Waals surface area contributed by atoms with Crippen LogP contribution in [0.4, 0.5) is 0 Å². The van der Waals surface area contributed by atoms with Gasteiger partial charge in [0.25, 0.3) is 5.91 Å². The summed E-state index contributed by atoms with van der Waals surface area (Å²) in [5, 5.41) is 1.11. The van der Waals surface area contributed by atoms with Crippen LogP contribution in [-0.2, 0) is 0 Å². The number of hydrogen-bond acceptors (Lipinski definition) is 1. The van der Waals surface area contributed by atoms with Gasteiger partial charge in [-0.2, -0.15) is 0 Å². The van der Waals surface area contributed by atoms with Crippen molar-refractivity contribution in [3.05, 3.63) is 36.0 Å². The zero-order valence-electron chi connectivity index (χ0n) is 12.8. The first-order chi connectivity index (χ1) is 10.3. The van der Waals surface area contributed by atoms with Crippen LogP contribution in [0.3, 0.4) is 0 Å². The van der Waals surface area contributed by atoms with E-state index in [0.717, 1.165) is 48.3 Å². The molecule has 1 saturated heterocycles. The van der Waals surface area contributed by atoms with Crippen LogP contribution in [0.25, 0.3) is 10.9 Å². The third-order valence-corrected chi connectivity index (χ3v) is 4.65. The van der Waals surface area contributed by atoms with Gasteiger partial charge < -0.3 is 9.88 Å². The molecule has 0 spiro atoms. The van der Waals surface area contributed by atoms with Crippen molar-refractivity contribution in [2.24, 2.45) is 5.92 Å². The maximum atomic E-state index is 12.8. The van der Waals surface area contributed by atoms with E-state index in [1.54, 1.807) is 0 Å². The molecule has 0 radical (unpaired) electrons. The molecule has 21 heavy (non-hydrogen) atoms. The lowest BCUT2D eigenvalue weighted by Crippen LogP contribution is -2.32. The first-order valence-electron chi connectivity index (χ1n) is 8.15. The number of likely N-dealkylation sites (tertiary alicyclic amines) is 1. The van der Waals surface area contributed by atoms with E-state index in [4.69, 9.17) is 0 Å². The number of hydrogen-bond donors (Lipinski definition) is 1. The number of fused-ring (bicyclic) bond motifs is 1. The fraction of sp³-hybridized carbons (Fsp3) is 0.500. The number of aromatic amines is 1. The molecule has 2 heterocycles. The van der Waals surface area contributed by atoms with Gasteiger partial charge in [-0.1, -0.05) is 31.9 Å². The largest absolute Gasteiger partial charge is 0.361 e. The number of aromatic nitrogens is 1. The second-order valence-corrected chi connectivity index (χ2v) is 6.13. The second-order valence-electron chi connectivity index (χ2n) is 6.13. The molecule has 1 amide bonds. The maximum absolute atomic E-state index is 12.8. The minimum absolute atomic E-state index is 0.181. The van der Waals surface area contributed by atoms with Crippen LogP contribution in [-0.4, -0.2) is 28.9 Å². The first-order valence-corrected chi connectivity index (χ1v) is 8.15. The summed E-state index contributed by atoms with van der Waals surface area (Å²) >= 11 is 0. The van der Waals surface area contributed by atoms with Crippen LogP contribution in [0.15, 0.2) is 30.5 Å². The summed E-state index contributed by atoms with van der Waals surface area (Å²) in [7, 11) is 0. The first kappa shape index (κ1) is 14.2. The Hall–Kier alpha value is -1.77. The third-order valence-electron chi connectivity index (χ3n) is 4.65. The number of carbonyl (C=O) groups excluding carboxylic acids is 1. The Labute approximate surface area is 126 Å². The molecular formula is C18H24N2O. The normalized spacial score (nSPS) is 19.7. The molecule has 1 aliphatic rings. The van der Waals surface area contributed by atoms with Crippen LogP contribution in [0.2, 0.25) is 0 Å². The number of benzene rings is 1. The van der Waals surface area contributed by atoms with Crippen LogP contribution in [0, 0.1) is 5.92 Å². The van der Waals surface area contributed by atoms with Crippen molar-refractivity contribution in [3.63, 3.8) is 0 Å². The van der Waals surface area contributed by atoms with E-state index in [0.29, 0.717) is 0 Å². The van der Waals surface area contributed by atoms with E-state index in [9.17, 15) is 4.79 Å². The number of nitrogens with zero attached hydrogens (tertiary/aromatic N) is 1. The van der Waals surface area contributed by atoms with Crippen molar-refractivity contribution < 1.29 is 4.79 Å². The molecule has 1 aromatic carbocycles. The van der Waals surface area contributed by atoms with E-state index < -0.39 is 0 Å². The molecule has 1 atom stereocenters. The Morgan fingerprint density at radius 3 is 3.05 bits per heavy atom. The molecule has 3 heteroatoms. The van der Waals surface area contributed by atoms with Gasteiger partial charge >= 0.3 is 0 Å². The van der Waals surface area contributed by atoms with Crippen LogP contribution >= 0.6 is 0 Å². The van der Waals surface area contributed by atoms with E-state index in [2.05, 4.69) is 11.9 Å². The van der Waals surface area contributed by atoms with Crippen molar-refractivity contribution in [2.75, 3.05) is 13.1 Å². The molecule has 3 rings (SSSR count). The monoisotopic (exact) mass is 284 g/mol. The SMILES string of the molecule is CCCC1CCCN(C(=O)c2cccc3cc[nH]c23)CC1. The van der Waals surface area contributed by atoms with Crippen molar-refractivity contribution in [1.29, 1.82) is 0 Å². The summed E-state index contributed by atoms with van der Waals surface area (Å²) < 4.78 is 0. The molecular weight excluding hydrogens is 260 g/mol. The average molecular weight is 284 g/mol. The topological polar surface area (TPSA) is 36.1 Å². The predicted octanol–water partition coefficient (Wildman–Crippen LogP) is 4.21. The minimum atomic E-state index is 0.181. The van der Waals surface area contributed by atoms with Gasteiger partial charge in [-0.25, -0.2) is 0 Å². The van der Waals surface area contributed by atoms with Gasteiger partial charge in [0, 0.05) is 24.7 Å². The lowest BCUT2D eigenvalue weighted by molar-refractivity contribution is 0.0761. The molecule has 2 aromatic rings. The maximum Gasteiger partial charge on any atom is 0.255 e. The minimum Gasteiger partial charge on any atom is -0.361 e. The second kappa shape index (κ2) is 6.33.